The average Bonchev–Trinajstić information content (AvgIpc) is 2.17. The molecule has 15 heavy (non-hydrogen) atoms. The topological polar surface area (TPSA) is 49.3 Å². The van der Waals surface area contributed by atoms with Crippen molar-refractivity contribution < 1.29 is 9.90 Å². The number of nitrogens with one attached hydrogen (secondary N) is 1. The summed E-state index contributed by atoms with van der Waals surface area (Å²) in [5.74, 6) is -1.02. The second-order valence-electron chi connectivity index (χ2n) is 3.00. The first-order chi connectivity index (χ1) is 7.15. The molecule has 3 nitrogen and oxygen atoms in total. The Morgan fingerprint density at radius 2 is 2.33 bits per heavy atom. The lowest BCUT2D eigenvalue weighted by atomic mass is 10.2. The number of anilines is 1. The van der Waals surface area contributed by atoms with Crippen molar-refractivity contribution in [3.8, 4) is 0 Å². The normalized spacial score (nSPS) is 9.67. The summed E-state index contributed by atoms with van der Waals surface area (Å²) in [6, 6.07) is 4.79. The summed E-state index contributed by atoms with van der Waals surface area (Å²) in [4.78, 5) is 10.7. The van der Waals surface area contributed by atoms with Crippen LogP contribution in [0.3, 0.4) is 0 Å². The molecule has 0 radical (unpaired) electrons. The average molecular weight is 226 g/mol. The predicted molar refractivity (Wildman–Crippen MR) is 61.7 cm³/mol. The number of halogens is 1. The van der Waals surface area contributed by atoms with Gasteiger partial charge in [-0.15, -0.1) is 6.58 Å². The molecule has 1 aromatic rings. The van der Waals surface area contributed by atoms with E-state index in [1.165, 1.54) is 6.07 Å². The number of hydrogen-bond donors (Lipinski definition) is 2. The summed E-state index contributed by atoms with van der Waals surface area (Å²) in [6.07, 6.45) is 2.65. The molecular formula is C11H12ClNO2. The zero-order chi connectivity index (χ0) is 11.3. The molecule has 0 heterocycles. The summed E-state index contributed by atoms with van der Waals surface area (Å²) in [5, 5.41) is 12.1. The van der Waals surface area contributed by atoms with Gasteiger partial charge in [0.2, 0.25) is 0 Å². The lowest BCUT2D eigenvalue weighted by molar-refractivity contribution is 0.0697. The third kappa shape index (κ3) is 3.29. The Balaban J connectivity index is 2.73. The summed E-state index contributed by atoms with van der Waals surface area (Å²) in [6.45, 7) is 4.36. The number of hydrogen-bond acceptors (Lipinski definition) is 2. The molecule has 1 rings (SSSR count). The summed E-state index contributed by atoms with van der Waals surface area (Å²) >= 11 is 5.80. The molecule has 0 fully saturated rings. The van der Waals surface area contributed by atoms with Gasteiger partial charge in [-0.05, 0) is 24.6 Å². The Kier molecular flexibility index (Phi) is 4.18. The van der Waals surface area contributed by atoms with Crippen molar-refractivity contribution in [2.45, 2.75) is 6.42 Å². The molecule has 0 unspecified atom stereocenters. The molecule has 1 aromatic carbocycles. The second-order valence-corrected chi connectivity index (χ2v) is 3.41. The summed E-state index contributed by atoms with van der Waals surface area (Å²) in [7, 11) is 0. The van der Waals surface area contributed by atoms with E-state index in [4.69, 9.17) is 16.7 Å². The van der Waals surface area contributed by atoms with Crippen LogP contribution in [0.2, 0.25) is 5.02 Å². The van der Waals surface area contributed by atoms with Crippen molar-refractivity contribution in [1.82, 2.24) is 0 Å². The Morgan fingerprint density at radius 1 is 1.60 bits per heavy atom. The third-order valence-electron chi connectivity index (χ3n) is 1.88. The van der Waals surface area contributed by atoms with Gasteiger partial charge in [0.1, 0.15) is 0 Å². The van der Waals surface area contributed by atoms with Crippen molar-refractivity contribution in [1.29, 1.82) is 0 Å². The molecule has 4 heteroatoms. The number of carboxylic acids is 1. The van der Waals surface area contributed by atoms with E-state index >= 15 is 0 Å². The van der Waals surface area contributed by atoms with Crippen molar-refractivity contribution in [2.75, 3.05) is 11.9 Å². The van der Waals surface area contributed by atoms with E-state index in [0.717, 1.165) is 18.7 Å². The fraction of sp³-hybridized carbons (Fsp3) is 0.182. The minimum Gasteiger partial charge on any atom is -0.478 e. The smallest absolute Gasteiger partial charge is 0.337 e. The highest BCUT2D eigenvalue weighted by Gasteiger charge is 2.08. The molecule has 0 aromatic heterocycles. The molecule has 0 aliphatic heterocycles. The van der Waals surface area contributed by atoms with Gasteiger partial charge in [-0.25, -0.2) is 4.79 Å². The maximum atomic E-state index is 10.7. The van der Waals surface area contributed by atoms with Crippen LogP contribution in [0.1, 0.15) is 16.8 Å². The molecule has 0 atom stereocenters. The zero-order valence-electron chi connectivity index (χ0n) is 8.16. The monoisotopic (exact) mass is 225 g/mol. The van der Waals surface area contributed by atoms with Crippen LogP contribution in [-0.2, 0) is 0 Å². The summed E-state index contributed by atoms with van der Waals surface area (Å²) < 4.78 is 0. The molecule has 0 aliphatic rings. The molecule has 0 amide bonds. The Morgan fingerprint density at radius 3 is 2.87 bits per heavy atom. The quantitative estimate of drug-likeness (QED) is 0.598. The first kappa shape index (κ1) is 11.6. The Bertz CT molecular complexity index is 377. The number of carboxylic acid groups (broad SMARTS) is 1. The van der Waals surface area contributed by atoms with Crippen molar-refractivity contribution in [2.24, 2.45) is 0 Å². The fourth-order valence-electron chi connectivity index (χ4n) is 1.12. The van der Waals surface area contributed by atoms with Crippen LogP contribution in [0.15, 0.2) is 30.9 Å². The van der Waals surface area contributed by atoms with E-state index in [-0.39, 0.29) is 10.6 Å². The summed E-state index contributed by atoms with van der Waals surface area (Å²) in [5.41, 5.74) is 0.929. The minimum atomic E-state index is -1.02. The molecule has 0 bridgehead atoms. The van der Waals surface area contributed by atoms with Gasteiger partial charge >= 0.3 is 5.97 Å². The first-order valence-corrected chi connectivity index (χ1v) is 4.90. The van der Waals surface area contributed by atoms with E-state index < -0.39 is 5.97 Å². The van der Waals surface area contributed by atoms with E-state index in [9.17, 15) is 4.79 Å². The van der Waals surface area contributed by atoms with E-state index in [1.54, 1.807) is 18.2 Å². The van der Waals surface area contributed by atoms with Gasteiger partial charge in [0.15, 0.2) is 0 Å². The third-order valence-corrected chi connectivity index (χ3v) is 2.19. The van der Waals surface area contributed by atoms with Crippen LogP contribution in [0.4, 0.5) is 5.69 Å². The van der Waals surface area contributed by atoms with Gasteiger partial charge < -0.3 is 10.4 Å². The van der Waals surface area contributed by atoms with Crippen LogP contribution in [-0.4, -0.2) is 17.6 Å². The zero-order valence-corrected chi connectivity index (χ0v) is 8.92. The van der Waals surface area contributed by atoms with Gasteiger partial charge in [0.25, 0.3) is 0 Å². The van der Waals surface area contributed by atoms with Crippen LogP contribution >= 0.6 is 11.6 Å². The highest BCUT2D eigenvalue weighted by atomic mass is 35.5. The number of carbonyl (C=O) groups is 1. The molecular weight excluding hydrogens is 214 g/mol. The second kappa shape index (κ2) is 5.41. The molecule has 0 aliphatic carbocycles. The number of aromatic carboxylic acids is 1. The molecule has 0 saturated heterocycles. The van der Waals surface area contributed by atoms with E-state index in [2.05, 4.69) is 11.9 Å². The lowest BCUT2D eigenvalue weighted by Crippen LogP contribution is -2.02. The van der Waals surface area contributed by atoms with E-state index in [0.29, 0.717) is 0 Å². The van der Waals surface area contributed by atoms with Crippen LogP contribution in [0.25, 0.3) is 0 Å². The Labute approximate surface area is 93.4 Å². The molecule has 2 N–H and O–H groups in total. The Hall–Kier alpha value is -1.48. The molecule has 0 spiro atoms. The van der Waals surface area contributed by atoms with E-state index in [1.807, 2.05) is 0 Å². The van der Waals surface area contributed by atoms with Crippen molar-refractivity contribution >= 4 is 23.3 Å². The minimum absolute atomic E-state index is 0.117. The van der Waals surface area contributed by atoms with Gasteiger partial charge in [-0.3, -0.25) is 0 Å². The number of benzene rings is 1. The van der Waals surface area contributed by atoms with Crippen molar-refractivity contribution in [3.63, 3.8) is 0 Å². The first-order valence-electron chi connectivity index (χ1n) is 4.52. The van der Waals surface area contributed by atoms with Crippen LogP contribution in [0, 0.1) is 0 Å². The number of rotatable bonds is 5. The predicted octanol–water partition coefficient (Wildman–Crippen LogP) is 3.03. The van der Waals surface area contributed by atoms with Crippen LogP contribution in [0.5, 0.6) is 0 Å². The standard InChI is InChI=1S/C11H12ClNO2/c1-2-3-6-13-8-4-5-9(11(14)15)10(12)7-8/h2,4-5,7,13H,1,3,6H2,(H,14,15). The molecule has 80 valence electrons. The SMILES string of the molecule is C=CCCNc1ccc(C(=O)O)c(Cl)c1. The fourth-order valence-corrected chi connectivity index (χ4v) is 1.38. The lowest BCUT2D eigenvalue weighted by Gasteiger charge is -2.06. The van der Waals surface area contributed by atoms with Crippen molar-refractivity contribution in [3.05, 3.63) is 41.4 Å². The van der Waals surface area contributed by atoms with Gasteiger partial charge in [-0.1, -0.05) is 17.7 Å². The maximum absolute atomic E-state index is 10.7. The highest BCUT2D eigenvalue weighted by Crippen LogP contribution is 2.20. The van der Waals surface area contributed by atoms with Gasteiger partial charge in [-0.2, -0.15) is 0 Å². The maximum Gasteiger partial charge on any atom is 0.337 e. The van der Waals surface area contributed by atoms with Gasteiger partial charge in [0, 0.05) is 12.2 Å². The van der Waals surface area contributed by atoms with Gasteiger partial charge in [0.05, 0.1) is 10.6 Å². The van der Waals surface area contributed by atoms with Crippen LogP contribution < -0.4 is 5.32 Å². The molecule has 0 saturated carbocycles. The largest absolute Gasteiger partial charge is 0.478 e. The highest BCUT2D eigenvalue weighted by molar-refractivity contribution is 6.33.